The van der Waals surface area contributed by atoms with E-state index in [0.29, 0.717) is 0 Å². The van der Waals surface area contributed by atoms with Crippen molar-refractivity contribution >= 4 is 82.4 Å². The highest BCUT2D eigenvalue weighted by Crippen LogP contribution is 2.41. The molecular formula is C67H44N4. The van der Waals surface area contributed by atoms with Gasteiger partial charge in [-0.05, 0) is 131 Å². The van der Waals surface area contributed by atoms with Crippen molar-refractivity contribution in [2.75, 3.05) is 0 Å². The Morgan fingerprint density at radius 2 is 0.620 bits per heavy atom. The Balaban J connectivity index is 0.841. The van der Waals surface area contributed by atoms with Crippen molar-refractivity contribution in [3.8, 4) is 45.0 Å². The number of hydrogen-bond donors (Lipinski definition) is 0. The summed E-state index contributed by atoms with van der Waals surface area (Å²) >= 11 is 0. The molecule has 14 aromatic rings. The van der Waals surface area contributed by atoms with Crippen LogP contribution < -0.4 is 0 Å². The third-order valence-corrected chi connectivity index (χ3v) is 15.0. The lowest BCUT2D eigenvalue weighted by Crippen LogP contribution is -1.99. The average molecular weight is 905 g/mol. The zero-order valence-corrected chi connectivity index (χ0v) is 38.7. The van der Waals surface area contributed by atoms with Gasteiger partial charge < -0.3 is 18.3 Å². The Labute approximate surface area is 410 Å². The summed E-state index contributed by atoms with van der Waals surface area (Å²) in [4.78, 5) is 0. The Morgan fingerprint density at radius 3 is 1.10 bits per heavy atom. The first-order valence-electron chi connectivity index (χ1n) is 24.6. The first-order valence-corrected chi connectivity index (χ1v) is 24.6. The van der Waals surface area contributed by atoms with E-state index in [2.05, 4.69) is 273 Å². The number of nitrogens with zero attached hydrogens (tertiary/aromatic N) is 4. The first-order chi connectivity index (χ1) is 35.2. The molecule has 4 heteroatoms. The SMILES string of the molecule is C1=CCc2c(c3cc(-c4ccc5c(c4)c4ccccc4n5-c4cccc(-n5c6ccccc6c6cc(-c7ccc8c(c7)c7ccccc7n8-c7ccccc7)ccc65)c4)ccc3n2-c2ccccc2)C=C1. The van der Waals surface area contributed by atoms with Gasteiger partial charge in [0.25, 0.3) is 0 Å². The smallest absolute Gasteiger partial charge is 0.0541 e. The summed E-state index contributed by atoms with van der Waals surface area (Å²) in [6.45, 7) is 0. The van der Waals surface area contributed by atoms with E-state index in [1.165, 1.54) is 121 Å². The normalized spacial score (nSPS) is 12.6. The van der Waals surface area contributed by atoms with Crippen molar-refractivity contribution in [1.29, 1.82) is 0 Å². The van der Waals surface area contributed by atoms with E-state index < -0.39 is 0 Å². The third-order valence-electron chi connectivity index (χ3n) is 15.0. The van der Waals surface area contributed by atoms with Crippen molar-refractivity contribution in [1.82, 2.24) is 18.3 Å². The third kappa shape index (κ3) is 6.05. The van der Waals surface area contributed by atoms with Gasteiger partial charge in [0.05, 0.1) is 38.6 Å². The van der Waals surface area contributed by atoms with Gasteiger partial charge in [-0.2, -0.15) is 0 Å². The molecule has 0 atom stereocenters. The van der Waals surface area contributed by atoms with E-state index in [9.17, 15) is 0 Å². The second kappa shape index (κ2) is 15.6. The Hall–Kier alpha value is -9.38. The van der Waals surface area contributed by atoms with Gasteiger partial charge in [-0.25, -0.2) is 0 Å². The van der Waals surface area contributed by atoms with Crippen molar-refractivity contribution in [3.05, 3.63) is 260 Å². The fourth-order valence-corrected chi connectivity index (χ4v) is 11.9. The number of rotatable bonds is 6. The lowest BCUT2D eigenvalue weighted by atomic mass is 10.00. The summed E-state index contributed by atoms with van der Waals surface area (Å²) in [5, 5.41) is 8.72. The minimum Gasteiger partial charge on any atom is -0.313 e. The average Bonchev–Trinajstić information content (AvgIpc) is 4.09. The summed E-state index contributed by atoms with van der Waals surface area (Å²) < 4.78 is 9.69. The maximum absolute atomic E-state index is 2.44. The fraction of sp³-hybridized carbons (Fsp3) is 0.0149. The summed E-state index contributed by atoms with van der Waals surface area (Å²) in [6, 6.07) is 84.9. The predicted octanol–water partition coefficient (Wildman–Crippen LogP) is 17.4. The number of hydrogen-bond acceptors (Lipinski definition) is 0. The molecule has 0 bridgehead atoms. The number of allylic oxidation sites excluding steroid dienone is 3. The molecule has 0 radical (unpaired) electrons. The minimum absolute atomic E-state index is 0.882. The molecule has 0 saturated carbocycles. The highest BCUT2D eigenvalue weighted by molar-refractivity contribution is 6.14. The second-order valence-corrected chi connectivity index (χ2v) is 18.9. The molecule has 0 amide bonds. The van der Waals surface area contributed by atoms with Crippen molar-refractivity contribution in [2.45, 2.75) is 6.42 Å². The van der Waals surface area contributed by atoms with E-state index in [0.717, 1.165) is 17.8 Å². The van der Waals surface area contributed by atoms with Gasteiger partial charge in [-0.15, -0.1) is 0 Å². The topological polar surface area (TPSA) is 19.7 Å². The zero-order chi connectivity index (χ0) is 46.6. The van der Waals surface area contributed by atoms with Gasteiger partial charge in [-0.1, -0.05) is 146 Å². The molecular weight excluding hydrogens is 861 g/mol. The monoisotopic (exact) mass is 904 g/mol. The van der Waals surface area contributed by atoms with E-state index >= 15 is 0 Å². The van der Waals surface area contributed by atoms with Crippen molar-refractivity contribution in [2.24, 2.45) is 0 Å². The molecule has 0 aliphatic heterocycles. The maximum Gasteiger partial charge on any atom is 0.0541 e. The lowest BCUT2D eigenvalue weighted by Gasteiger charge is -2.13. The summed E-state index contributed by atoms with van der Waals surface area (Å²) in [6.07, 6.45) is 9.76. The summed E-state index contributed by atoms with van der Waals surface area (Å²) in [7, 11) is 0. The molecule has 15 rings (SSSR count). The first kappa shape index (κ1) is 39.6. The summed E-state index contributed by atoms with van der Waals surface area (Å²) in [5.74, 6) is 0. The minimum atomic E-state index is 0.882. The van der Waals surface area contributed by atoms with Crippen LogP contribution in [0.5, 0.6) is 0 Å². The van der Waals surface area contributed by atoms with Crippen LogP contribution in [-0.2, 0) is 6.42 Å². The van der Waals surface area contributed by atoms with E-state index in [-0.39, 0.29) is 0 Å². The number of benzene rings is 10. The molecule has 4 nitrogen and oxygen atoms in total. The van der Waals surface area contributed by atoms with Crippen LogP contribution in [-0.4, -0.2) is 18.3 Å². The van der Waals surface area contributed by atoms with Gasteiger partial charge in [0.2, 0.25) is 0 Å². The molecule has 0 spiro atoms. The van der Waals surface area contributed by atoms with Crippen LogP contribution in [0.1, 0.15) is 11.3 Å². The van der Waals surface area contributed by atoms with Crippen LogP contribution >= 0.6 is 0 Å². The van der Waals surface area contributed by atoms with E-state index in [1.54, 1.807) is 0 Å². The van der Waals surface area contributed by atoms with Crippen LogP contribution in [0.3, 0.4) is 0 Å². The molecule has 4 aromatic heterocycles. The second-order valence-electron chi connectivity index (χ2n) is 18.9. The lowest BCUT2D eigenvalue weighted by molar-refractivity contribution is 1.00. The quantitative estimate of drug-likeness (QED) is 0.158. The van der Waals surface area contributed by atoms with Crippen molar-refractivity contribution < 1.29 is 0 Å². The van der Waals surface area contributed by atoms with Crippen LogP contribution in [0.2, 0.25) is 0 Å². The highest BCUT2D eigenvalue weighted by atomic mass is 15.0. The van der Waals surface area contributed by atoms with E-state index in [1.807, 2.05) is 0 Å². The molecule has 10 aromatic carbocycles. The van der Waals surface area contributed by atoms with Crippen LogP contribution in [0.4, 0.5) is 0 Å². The largest absolute Gasteiger partial charge is 0.313 e. The molecule has 332 valence electrons. The molecule has 0 saturated heterocycles. The number of aromatic nitrogens is 4. The predicted molar refractivity (Wildman–Crippen MR) is 299 cm³/mol. The number of fused-ring (bicyclic) bond motifs is 12. The molecule has 1 aliphatic rings. The van der Waals surface area contributed by atoms with Gasteiger partial charge in [0.15, 0.2) is 0 Å². The summed E-state index contributed by atoms with van der Waals surface area (Å²) in [5.41, 5.74) is 20.4. The highest BCUT2D eigenvalue weighted by Gasteiger charge is 2.21. The molecule has 0 N–H and O–H groups in total. The zero-order valence-electron chi connectivity index (χ0n) is 38.7. The molecule has 71 heavy (non-hydrogen) atoms. The van der Waals surface area contributed by atoms with Crippen LogP contribution in [0.25, 0.3) is 127 Å². The fourth-order valence-electron chi connectivity index (χ4n) is 11.9. The number of para-hydroxylation sites is 5. The molecule has 4 heterocycles. The standard InChI is InChI=1S/C67H44N4/c1-4-17-48(18-5-1)68-60-27-9-3-8-23-52(60)56-39-44(31-35-64(56)68)46-33-37-66-58(41-46)54-25-11-14-29-62(54)70(66)50-21-16-22-51(43-50)71-63-30-15-12-26-55(63)59-42-47(34-38-67(59)71)45-32-36-65-57(40-45)53-24-10-13-28-61(53)69(65)49-19-6-2-7-20-49/h1-26,28-43H,27H2. The Bertz CT molecular complexity index is 4530. The van der Waals surface area contributed by atoms with Crippen LogP contribution in [0.15, 0.2) is 249 Å². The van der Waals surface area contributed by atoms with E-state index in [4.69, 9.17) is 0 Å². The Kier molecular flexibility index (Phi) is 8.69. The molecule has 0 fully saturated rings. The van der Waals surface area contributed by atoms with Crippen LogP contribution in [0, 0.1) is 0 Å². The van der Waals surface area contributed by atoms with Gasteiger partial charge in [-0.3, -0.25) is 0 Å². The van der Waals surface area contributed by atoms with Gasteiger partial charge in [0.1, 0.15) is 0 Å². The van der Waals surface area contributed by atoms with Gasteiger partial charge in [0, 0.05) is 78.1 Å². The van der Waals surface area contributed by atoms with Gasteiger partial charge >= 0.3 is 0 Å². The molecule has 0 unspecified atom stereocenters. The van der Waals surface area contributed by atoms with Crippen molar-refractivity contribution in [3.63, 3.8) is 0 Å². The Morgan fingerprint density at radius 1 is 0.254 bits per heavy atom. The maximum atomic E-state index is 2.44. The molecule has 1 aliphatic carbocycles.